The second-order valence-corrected chi connectivity index (χ2v) is 8.16. The molecule has 0 spiro atoms. The Balaban J connectivity index is 1.44. The quantitative estimate of drug-likeness (QED) is 0.542. The molecule has 0 radical (unpaired) electrons. The Hall–Kier alpha value is -3.19. The lowest BCUT2D eigenvalue weighted by atomic mass is 10.1. The molecule has 1 amide bonds. The Morgan fingerprint density at radius 1 is 1.14 bits per heavy atom. The number of anilines is 1. The number of aromatic nitrogens is 4. The van der Waals surface area contributed by atoms with E-state index in [4.69, 9.17) is 4.98 Å². The Kier molecular flexibility index (Phi) is 4.52. The van der Waals surface area contributed by atoms with Gasteiger partial charge in [0, 0.05) is 31.8 Å². The molecule has 0 bridgehead atoms. The minimum absolute atomic E-state index is 0.181. The fraction of sp³-hybridized carbons (Fsp3) is 0.227. The van der Waals surface area contributed by atoms with E-state index in [0.717, 1.165) is 46.3 Å². The van der Waals surface area contributed by atoms with E-state index < -0.39 is 0 Å². The molecule has 1 aromatic carbocycles. The number of nitrogens with one attached hydrogen (secondary N) is 1. The van der Waals surface area contributed by atoms with Crippen LogP contribution in [0.4, 0.5) is 5.69 Å². The highest BCUT2D eigenvalue weighted by Crippen LogP contribution is 2.30. The SMILES string of the molecule is Cn1nc(-c2cccs2)cc1C(=O)Nc1ccccc1-c1cn2c(n1)CCCC2. The van der Waals surface area contributed by atoms with Gasteiger partial charge in [0.1, 0.15) is 17.2 Å². The number of hydrogen-bond donors (Lipinski definition) is 1. The number of hydrogen-bond acceptors (Lipinski definition) is 4. The van der Waals surface area contributed by atoms with E-state index in [1.165, 1.54) is 12.8 Å². The molecule has 7 heteroatoms. The maximum absolute atomic E-state index is 13.0. The Morgan fingerprint density at radius 3 is 2.86 bits per heavy atom. The third-order valence-electron chi connectivity index (χ3n) is 5.25. The van der Waals surface area contributed by atoms with E-state index in [1.807, 2.05) is 47.8 Å². The van der Waals surface area contributed by atoms with E-state index in [1.54, 1.807) is 23.1 Å². The fourth-order valence-corrected chi connectivity index (χ4v) is 4.45. The van der Waals surface area contributed by atoms with Crippen LogP contribution in [0, 0.1) is 0 Å². The number of carbonyl (C=O) groups excluding carboxylic acids is 1. The van der Waals surface area contributed by atoms with Crippen molar-refractivity contribution in [3.63, 3.8) is 0 Å². The average molecular weight is 404 g/mol. The van der Waals surface area contributed by atoms with Crippen LogP contribution >= 0.6 is 11.3 Å². The highest BCUT2D eigenvalue weighted by molar-refractivity contribution is 7.13. The summed E-state index contributed by atoms with van der Waals surface area (Å²) in [6.45, 7) is 1.01. The van der Waals surface area contributed by atoms with Gasteiger partial charge >= 0.3 is 0 Å². The molecule has 146 valence electrons. The summed E-state index contributed by atoms with van der Waals surface area (Å²) >= 11 is 1.61. The third kappa shape index (κ3) is 3.38. The molecule has 0 unspecified atom stereocenters. The van der Waals surface area contributed by atoms with Crippen molar-refractivity contribution in [2.75, 3.05) is 5.32 Å². The van der Waals surface area contributed by atoms with Crippen LogP contribution in [0.1, 0.15) is 29.2 Å². The normalized spacial score (nSPS) is 13.3. The number of aryl methyl sites for hydroxylation is 3. The number of fused-ring (bicyclic) bond motifs is 1. The van der Waals surface area contributed by atoms with Gasteiger partial charge in [0.05, 0.1) is 16.3 Å². The lowest BCUT2D eigenvalue weighted by Crippen LogP contribution is -2.16. The Bertz CT molecular complexity index is 1150. The van der Waals surface area contributed by atoms with Crippen molar-refractivity contribution in [2.24, 2.45) is 7.05 Å². The topological polar surface area (TPSA) is 64.7 Å². The zero-order valence-electron chi connectivity index (χ0n) is 16.1. The van der Waals surface area contributed by atoms with E-state index >= 15 is 0 Å². The Morgan fingerprint density at radius 2 is 2.03 bits per heavy atom. The van der Waals surface area contributed by atoms with Gasteiger partial charge in [-0.05, 0) is 36.4 Å². The second-order valence-electron chi connectivity index (χ2n) is 7.21. The smallest absolute Gasteiger partial charge is 0.273 e. The van der Waals surface area contributed by atoms with Gasteiger partial charge in [0.15, 0.2) is 0 Å². The van der Waals surface area contributed by atoms with Crippen molar-refractivity contribution in [2.45, 2.75) is 25.8 Å². The maximum atomic E-state index is 13.0. The van der Waals surface area contributed by atoms with Gasteiger partial charge in [-0.2, -0.15) is 5.10 Å². The van der Waals surface area contributed by atoms with Crippen LogP contribution in [-0.4, -0.2) is 25.2 Å². The van der Waals surface area contributed by atoms with Crippen LogP contribution in [0.25, 0.3) is 21.8 Å². The molecule has 0 atom stereocenters. The first-order valence-corrected chi connectivity index (χ1v) is 10.6. The first-order valence-electron chi connectivity index (χ1n) is 9.74. The minimum Gasteiger partial charge on any atom is -0.334 e. The van der Waals surface area contributed by atoms with Gasteiger partial charge in [0.25, 0.3) is 5.91 Å². The van der Waals surface area contributed by atoms with Crippen LogP contribution in [0.5, 0.6) is 0 Å². The van der Waals surface area contributed by atoms with Crippen molar-refractivity contribution < 1.29 is 4.79 Å². The summed E-state index contributed by atoms with van der Waals surface area (Å²) < 4.78 is 3.86. The number of para-hydroxylation sites is 1. The maximum Gasteiger partial charge on any atom is 0.273 e. The molecule has 0 saturated carbocycles. The molecule has 5 rings (SSSR count). The molecule has 0 fully saturated rings. The number of thiophene rings is 1. The number of amides is 1. The van der Waals surface area contributed by atoms with Crippen molar-refractivity contribution in [3.8, 4) is 21.8 Å². The summed E-state index contributed by atoms with van der Waals surface area (Å²) in [7, 11) is 1.79. The van der Waals surface area contributed by atoms with E-state index in [-0.39, 0.29) is 5.91 Å². The van der Waals surface area contributed by atoms with Crippen LogP contribution < -0.4 is 5.32 Å². The average Bonchev–Trinajstić information content (AvgIpc) is 3.47. The van der Waals surface area contributed by atoms with Gasteiger partial charge in [0.2, 0.25) is 0 Å². The summed E-state index contributed by atoms with van der Waals surface area (Å²) in [5.74, 6) is 0.943. The standard InChI is InChI=1S/C22H21N5OS/c1-26-19(13-17(25-26)20-9-6-12-29-20)22(28)24-16-8-3-2-7-15(16)18-14-27-11-5-4-10-21(27)23-18/h2-3,6-9,12-14H,4-5,10-11H2,1H3,(H,24,28). The molecule has 4 heterocycles. The summed E-state index contributed by atoms with van der Waals surface area (Å²) in [5.41, 5.74) is 3.92. The first-order chi connectivity index (χ1) is 14.2. The van der Waals surface area contributed by atoms with Crippen LogP contribution in [0.3, 0.4) is 0 Å². The van der Waals surface area contributed by atoms with Gasteiger partial charge in [-0.3, -0.25) is 9.48 Å². The van der Waals surface area contributed by atoms with E-state index in [9.17, 15) is 4.79 Å². The van der Waals surface area contributed by atoms with Crippen LogP contribution in [-0.2, 0) is 20.0 Å². The molecule has 4 aromatic rings. The van der Waals surface area contributed by atoms with Crippen molar-refractivity contribution in [1.29, 1.82) is 0 Å². The van der Waals surface area contributed by atoms with Crippen LogP contribution in [0.15, 0.2) is 54.0 Å². The minimum atomic E-state index is -0.181. The van der Waals surface area contributed by atoms with Gasteiger partial charge in [-0.1, -0.05) is 24.3 Å². The predicted octanol–water partition coefficient (Wildman–Crippen LogP) is 4.60. The number of benzene rings is 1. The van der Waals surface area contributed by atoms with Crippen molar-refractivity contribution >= 4 is 22.9 Å². The van der Waals surface area contributed by atoms with Crippen molar-refractivity contribution in [1.82, 2.24) is 19.3 Å². The largest absolute Gasteiger partial charge is 0.334 e. The molecule has 1 aliphatic heterocycles. The number of nitrogens with zero attached hydrogens (tertiary/aromatic N) is 4. The molecular weight excluding hydrogens is 382 g/mol. The first kappa shape index (κ1) is 17.9. The molecule has 6 nitrogen and oxygen atoms in total. The lowest BCUT2D eigenvalue weighted by Gasteiger charge is -2.11. The molecule has 1 N–H and O–H groups in total. The van der Waals surface area contributed by atoms with Gasteiger partial charge in [-0.25, -0.2) is 4.98 Å². The number of rotatable bonds is 4. The summed E-state index contributed by atoms with van der Waals surface area (Å²) in [6, 6.07) is 13.6. The summed E-state index contributed by atoms with van der Waals surface area (Å²) in [4.78, 5) is 18.9. The molecular formula is C22H21N5OS. The molecule has 0 saturated heterocycles. The fourth-order valence-electron chi connectivity index (χ4n) is 3.77. The number of imidazole rings is 1. The molecule has 1 aliphatic rings. The molecule has 0 aliphatic carbocycles. The second kappa shape index (κ2) is 7.33. The van der Waals surface area contributed by atoms with E-state index in [2.05, 4.69) is 21.2 Å². The summed E-state index contributed by atoms with van der Waals surface area (Å²) in [6.07, 6.45) is 5.48. The number of carbonyl (C=O) groups is 1. The van der Waals surface area contributed by atoms with Crippen molar-refractivity contribution in [3.05, 3.63) is 65.6 Å². The Labute approximate surface area is 172 Å². The van der Waals surface area contributed by atoms with Gasteiger partial charge < -0.3 is 9.88 Å². The third-order valence-corrected chi connectivity index (χ3v) is 6.14. The lowest BCUT2D eigenvalue weighted by molar-refractivity contribution is 0.101. The highest BCUT2D eigenvalue weighted by atomic mass is 32.1. The van der Waals surface area contributed by atoms with Crippen LogP contribution in [0.2, 0.25) is 0 Å². The zero-order chi connectivity index (χ0) is 19.8. The predicted molar refractivity (Wildman–Crippen MR) is 115 cm³/mol. The summed E-state index contributed by atoms with van der Waals surface area (Å²) in [5, 5.41) is 9.55. The zero-order valence-corrected chi connectivity index (χ0v) is 16.9. The van der Waals surface area contributed by atoms with E-state index in [0.29, 0.717) is 5.69 Å². The monoisotopic (exact) mass is 403 g/mol. The highest BCUT2D eigenvalue weighted by Gasteiger charge is 2.19. The molecule has 3 aromatic heterocycles. The van der Waals surface area contributed by atoms with Gasteiger partial charge in [-0.15, -0.1) is 11.3 Å². The molecule has 29 heavy (non-hydrogen) atoms.